The predicted octanol–water partition coefficient (Wildman–Crippen LogP) is 6.77. The summed E-state index contributed by atoms with van der Waals surface area (Å²) >= 11 is 0. The van der Waals surface area contributed by atoms with E-state index in [4.69, 9.17) is 5.10 Å². The molecule has 3 aromatic rings. The minimum absolute atomic E-state index is 0.150. The van der Waals surface area contributed by atoms with Gasteiger partial charge in [-0.1, -0.05) is 62.9 Å². The Morgan fingerprint density at radius 2 is 1.64 bits per heavy atom. The smallest absolute Gasteiger partial charge is 0.253 e. The minimum Gasteiger partial charge on any atom is -0.339 e. The van der Waals surface area contributed by atoms with Crippen LogP contribution < -0.4 is 0 Å². The first kappa shape index (κ1) is 26.4. The summed E-state index contributed by atoms with van der Waals surface area (Å²) in [6, 6.07) is 12.7. The van der Waals surface area contributed by atoms with Crippen LogP contribution in [0.3, 0.4) is 0 Å². The Morgan fingerprint density at radius 1 is 0.944 bits per heavy atom. The summed E-state index contributed by atoms with van der Waals surface area (Å²) < 4.78 is 1.98. The van der Waals surface area contributed by atoms with E-state index in [1.54, 1.807) is 0 Å². The lowest BCUT2D eigenvalue weighted by atomic mass is 10.0. The molecule has 1 fully saturated rings. The van der Waals surface area contributed by atoms with Crippen molar-refractivity contribution in [2.24, 2.45) is 0 Å². The molecule has 36 heavy (non-hydrogen) atoms. The quantitative estimate of drug-likeness (QED) is 0.282. The van der Waals surface area contributed by atoms with Crippen LogP contribution in [0.5, 0.6) is 0 Å². The molecule has 1 aromatic carbocycles. The molecular weight excluding hydrogens is 444 g/mol. The molecule has 194 valence electrons. The Labute approximate surface area is 217 Å². The van der Waals surface area contributed by atoms with Crippen molar-refractivity contribution in [3.05, 3.63) is 59.3 Å². The molecule has 1 aliphatic rings. The van der Waals surface area contributed by atoms with Crippen LogP contribution in [0.15, 0.2) is 42.6 Å². The Hall–Kier alpha value is -2.66. The van der Waals surface area contributed by atoms with Crippen LogP contribution in [-0.4, -0.2) is 58.0 Å². The Morgan fingerprint density at radius 3 is 2.31 bits per heavy atom. The number of carbonyl (C=O) groups is 1. The molecule has 0 radical (unpaired) electrons. The number of aryl methyl sites for hydroxylation is 2. The fraction of sp³-hybridized carbons (Fsp3) is 0.548. The van der Waals surface area contributed by atoms with E-state index in [-0.39, 0.29) is 5.91 Å². The molecule has 1 saturated heterocycles. The van der Waals surface area contributed by atoms with E-state index in [1.807, 2.05) is 21.7 Å². The lowest BCUT2D eigenvalue weighted by Gasteiger charge is -2.26. The summed E-state index contributed by atoms with van der Waals surface area (Å²) in [5, 5.41) is 5.00. The van der Waals surface area contributed by atoms with E-state index in [0.29, 0.717) is 0 Å². The maximum atomic E-state index is 13.5. The van der Waals surface area contributed by atoms with Gasteiger partial charge in [-0.15, -0.1) is 0 Å². The van der Waals surface area contributed by atoms with Crippen LogP contribution in [0.4, 0.5) is 0 Å². The summed E-state index contributed by atoms with van der Waals surface area (Å²) in [6.07, 6.45) is 12.4. The fourth-order valence-corrected chi connectivity index (χ4v) is 5.28. The van der Waals surface area contributed by atoms with E-state index in [0.717, 1.165) is 80.5 Å². The normalized spacial score (nSPS) is 14.4. The number of carbonyl (C=O) groups excluding carboxylic acids is 1. The van der Waals surface area contributed by atoms with Crippen LogP contribution in [-0.2, 0) is 6.42 Å². The second-order valence-corrected chi connectivity index (χ2v) is 10.4. The van der Waals surface area contributed by atoms with Crippen LogP contribution in [0.25, 0.3) is 16.8 Å². The lowest BCUT2D eigenvalue weighted by Crippen LogP contribution is -2.33. The largest absolute Gasteiger partial charge is 0.339 e. The van der Waals surface area contributed by atoms with E-state index in [1.165, 1.54) is 43.5 Å². The van der Waals surface area contributed by atoms with Crippen LogP contribution >= 0.6 is 0 Å². The van der Waals surface area contributed by atoms with Gasteiger partial charge in [0.25, 0.3) is 5.91 Å². The highest BCUT2D eigenvalue weighted by Gasteiger charge is 2.20. The Kier molecular flexibility index (Phi) is 9.57. The summed E-state index contributed by atoms with van der Waals surface area (Å²) in [4.78, 5) is 18.2. The maximum Gasteiger partial charge on any atom is 0.253 e. The van der Waals surface area contributed by atoms with Gasteiger partial charge in [0, 0.05) is 36.0 Å². The molecule has 0 bridgehead atoms. The van der Waals surface area contributed by atoms with Gasteiger partial charge in [-0.25, -0.2) is 4.52 Å². The van der Waals surface area contributed by atoms with E-state index in [2.05, 4.69) is 56.0 Å². The monoisotopic (exact) mass is 488 g/mol. The number of unbranched alkanes of at least 4 members (excludes halogenated alkanes) is 2. The molecule has 4 rings (SSSR count). The second-order valence-electron chi connectivity index (χ2n) is 10.4. The van der Waals surface area contributed by atoms with Crippen LogP contribution in [0, 0.1) is 6.92 Å². The van der Waals surface area contributed by atoms with Gasteiger partial charge in [0.2, 0.25) is 0 Å². The van der Waals surface area contributed by atoms with Gasteiger partial charge in [0.15, 0.2) is 0 Å². The number of likely N-dealkylation sites (tertiary alicyclic amines) is 1. The number of hydrogen-bond acceptors (Lipinski definition) is 3. The molecule has 2 aromatic heterocycles. The van der Waals surface area contributed by atoms with Gasteiger partial charge < -0.3 is 9.80 Å². The van der Waals surface area contributed by atoms with Gasteiger partial charge in [-0.05, 0) is 77.2 Å². The zero-order chi connectivity index (χ0) is 25.3. The molecule has 5 nitrogen and oxygen atoms in total. The number of aromatic nitrogens is 2. The molecule has 3 heterocycles. The third-order valence-electron chi connectivity index (χ3n) is 7.51. The number of piperidine rings is 1. The van der Waals surface area contributed by atoms with Crippen molar-refractivity contribution >= 4 is 11.4 Å². The highest BCUT2D eigenvalue weighted by molar-refractivity contribution is 5.95. The van der Waals surface area contributed by atoms with Crippen molar-refractivity contribution in [1.82, 2.24) is 19.4 Å². The average Bonchev–Trinajstić information content (AvgIpc) is 3.27. The molecule has 5 heteroatoms. The second kappa shape index (κ2) is 13.0. The average molecular weight is 489 g/mol. The number of pyridine rings is 1. The number of nitrogens with zero attached hydrogens (tertiary/aromatic N) is 4. The van der Waals surface area contributed by atoms with Crippen molar-refractivity contribution in [2.75, 3.05) is 32.7 Å². The molecule has 1 aliphatic heterocycles. The molecule has 0 unspecified atom stereocenters. The molecular formula is C31H44N4O. The number of fused-ring (bicyclic) bond motifs is 1. The Bertz CT molecular complexity index is 1100. The number of amides is 1. The summed E-state index contributed by atoms with van der Waals surface area (Å²) in [7, 11) is 0. The van der Waals surface area contributed by atoms with Crippen molar-refractivity contribution < 1.29 is 4.79 Å². The summed E-state index contributed by atoms with van der Waals surface area (Å²) in [6.45, 7) is 11.7. The third-order valence-corrected chi connectivity index (χ3v) is 7.51. The van der Waals surface area contributed by atoms with E-state index in [9.17, 15) is 4.79 Å². The zero-order valence-corrected chi connectivity index (χ0v) is 22.6. The third kappa shape index (κ3) is 6.56. The highest BCUT2D eigenvalue weighted by atomic mass is 16.2. The van der Waals surface area contributed by atoms with Gasteiger partial charge in [0.1, 0.15) is 0 Å². The summed E-state index contributed by atoms with van der Waals surface area (Å²) in [5.74, 6) is 0.150. The lowest BCUT2D eigenvalue weighted by molar-refractivity contribution is 0.0751. The number of benzene rings is 1. The van der Waals surface area contributed by atoms with Gasteiger partial charge in [-0.3, -0.25) is 4.79 Å². The van der Waals surface area contributed by atoms with Crippen LogP contribution in [0.2, 0.25) is 0 Å². The predicted molar refractivity (Wildman–Crippen MR) is 150 cm³/mol. The molecule has 0 aliphatic carbocycles. The van der Waals surface area contributed by atoms with Gasteiger partial charge >= 0.3 is 0 Å². The van der Waals surface area contributed by atoms with Crippen molar-refractivity contribution in [2.45, 2.75) is 78.6 Å². The summed E-state index contributed by atoms with van der Waals surface area (Å²) in [5.41, 5.74) is 6.56. The Balaban J connectivity index is 1.64. The van der Waals surface area contributed by atoms with Crippen LogP contribution in [0.1, 0.15) is 86.7 Å². The van der Waals surface area contributed by atoms with Gasteiger partial charge in [-0.2, -0.15) is 5.10 Å². The fourth-order valence-electron chi connectivity index (χ4n) is 5.28. The minimum atomic E-state index is 0.150. The first-order valence-corrected chi connectivity index (χ1v) is 14.2. The molecule has 0 atom stereocenters. The zero-order valence-electron chi connectivity index (χ0n) is 22.6. The number of rotatable bonds is 12. The molecule has 0 saturated carbocycles. The van der Waals surface area contributed by atoms with E-state index >= 15 is 0 Å². The van der Waals surface area contributed by atoms with Crippen molar-refractivity contribution in [1.29, 1.82) is 0 Å². The van der Waals surface area contributed by atoms with Gasteiger partial charge in [0.05, 0.1) is 11.2 Å². The topological polar surface area (TPSA) is 40.9 Å². The first-order chi connectivity index (χ1) is 17.6. The SMILES string of the molecule is CCCCN(CCCC)C(=O)c1ccn2nc(-c3ccc(C)cc3)c(CCCN3CCCCC3)c2c1. The van der Waals surface area contributed by atoms with Crippen molar-refractivity contribution in [3.8, 4) is 11.3 Å². The first-order valence-electron chi connectivity index (χ1n) is 14.2. The molecule has 1 amide bonds. The van der Waals surface area contributed by atoms with Crippen molar-refractivity contribution in [3.63, 3.8) is 0 Å². The standard InChI is InChI=1S/C31H44N4O/c1-4-6-21-34(22-7-5-2)31(36)27-17-23-35-29(24-27)28(12-11-20-33-18-9-8-10-19-33)30(32-35)26-15-13-25(3)14-16-26/h13-17,23-24H,4-12,18-22H2,1-3H3. The maximum absolute atomic E-state index is 13.5. The number of hydrogen-bond donors (Lipinski definition) is 0. The molecule has 0 N–H and O–H groups in total. The highest BCUT2D eigenvalue weighted by Crippen LogP contribution is 2.29. The molecule has 0 spiro atoms. The van der Waals surface area contributed by atoms with E-state index < -0.39 is 0 Å².